The highest BCUT2D eigenvalue weighted by molar-refractivity contribution is 5.92. The van der Waals surface area contributed by atoms with Gasteiger partial charge in [-0.15, -0.1) is 0 Å². The van der Waals surface area contributed by atoms with E-state index in [1.54, 1.807) is 10.9 Å². The van der Waals surface area contributed by atoms with Crippen molar-refractivity contribution in [3.8, 4) is 22.4 Å². The second-order valence-electron chi connectivity index (χ2n) is 7.99. The van der Waals surface area contributed by atoms with Crippen molar-refractivity contribution in [2.45, 2.75) is 13.3 Å². The van der Waals surface area contributed by atoms with E-state index in [0.717, 1.165) is 39.2 Å². The molecule has 5 rings (SSSR count). The molecule has 0 aliphatic carbocycles. The van der Waals surface area contributed by atoms with Crippen molar-refractivity contribution in [2.24, 2.45) is 7.05 Å². The first-order valence-electron chi connectivity index (χ1n) is 10.5. The SMILES string of the molecule is Cc1ccc(CC(=O)Nc2ccc(-c3nccn4cc(-c5cnn(C)c5)cc34)cc2)cc1. The van der Waals surface area contributed by atoms with Crippen LogP contribution in [0.3, 0.4) is 0 Å². The Kier molecular flexibility index (Phi) is 5.03. The number of fused-ring (bicyclic) bond motifs is 1. The highest BCUT2D eigenvalue weighted by atomic mass is 16.1. The molecule has 6 nitrogen and oxygen atoms in total. The van der Waals surface area contributed by atoms with Crippen LogP contribution < -0.4 is 5.32 Å². The van der Waals surface area contributed by atoms with E-state index in [2.05, 4.69) is 32.1 Å². The van der Waals surface area contributed by atoms with Crippen molar-refractivity contribution < 1.29 is 4.79 Å². The predicted octanol–water partition coefficient (Wildman–Crippen LogP) is 4.89. The minimum atomic E-state index is -0.0328. The third kappa shape index (κ3) is 4.03. The van der Waals surface area contributed by atoms with E-state index in [9.17, 15) is 4.79 Å². The van der Waals surface area contributed by atoms with E-state index < -0.39 is 0 Å². The average molecular weight is 422 g/mol. The van der Waals surface area contributed by atoms with Gasteiger partial charge in [0.05, 0.1) is 23.8 Å². The van der Waals surface area contributed by atoms with E-state index in [4.69, 9.17) is 0 Å². The molecular weight excluding hydrogens is 398 g/mol. The Morgan fingerprint density at radius 2 is 1.75 bits per heavy atom. The fourth-order valence-electron chi connectivity index (χ4n) is 3.80. The molecule has 0 aliphatic heterocycles. The van der Waals surface area contributed by atoms with E-state index in [1.165, 1.54) is 5.56 Å². The molecule has 2 aromatic carbocycles. The number of hydrogen-bond acceptors (Lipinski definition) is 3. The summed E-state index contributed by atoms with van der Waals surface area (Å²) < 4.78 is 3.87. The number of nitrogens with zero attached hydrogens (tertiary/aromatic N) is 4. The quantitative estimate of drug-likeness (QED) is 0.439. The Bertz CT molecular complexity index is 1390. The molecule has 0 atom stereocenters. The smallest absolute Gasteiger partial charge is 0.228 e. The zero-order valence-electron chi connectivity index (χ0n) is 18.0. The molecular formula is C26H23N5O. The fourth-order valence-corrected chi connectivity index (χ4v) is 3.80. The number of anilines is 1. The van der Waals surface area contributed by atoms with Crippen LogP contribution in [0.1, 0.15) is 11.1 Å². The van der Waals surface area contributed by atoms with Crippen LogP contribution in [0.4, 0.5) is 5.69 Å². The summed E-state index contributed by atoms with van der Waals surface area (Å²) in [6.45, 7) is 2.04. The molecule has 3 aromatic heterocycles. The topological polar surface area (TPSA) is 64.2 Å². The van der Waals surface area contributed by atoms with Gasteiger partial charge in [-0.3, -0.25) is 14.5 Å². The van der Waals surface area contributed by atoms with Gasteiger partial charge in [-0.1, -0.05) is 42.0 Å². The number of aromatic nitrogens is 4. The van der Waals surface area contributed by atoms with Gasteiger partial charge in [-0.25, -0.2) is 0 Å². The lowest BCUT2D eigenvalue weighted by Gasteiger charge is -2.08. The Balaban J connectivity index is 1.36. The molecule has 0 bridgehead atoms. The van der Waals surface area contributed by atoms with Gasteiger partial charge in [0.15, 0.2) is 0 Å². The van der Waals surface area contributed by atoms with Crippen molar-refractivity contribution in [2.75, 3.05) is 5.32 Å². The molecule has 0 saturated carbocycles. The normalized spacial score (nSPS) is 11.1. The molecule has 6 heteroatoms. The highest BCUT2D eigenvalue weighted by Gasteiger charge is 2.11. The number of carbonyl (C=O) groups is 1. The van der Waals surface area contributed by atoms with E-state index >= 15 is 0 Å². The maximum atomic E-state index is 12.4. The fraction of sp³-hybridized carbons (Fsp3) is 0.115. The second-order valence-corrected chi connectivity index (χ2v) is 7.99. The second kappa shape index (κ2) is 8.15. The van der Waals surface area contributed by atoms with Crippen LogP contribution in [0.2, 0.25) is 0 Å². The minimum Gasteiger partial charge on any atom is -0.326 e. The van der Waals surface area contributed by atoms with Crippen LogP contribution in [0, 0.1) is 6.92 Å². The number of hydrogen-bond donors (Lipinski definition) is 1. The molecule has 1 N–H and O–H groups in total. The summed E-state index contributed by atoms with van der Waals surface area (Å²) in [5.74, 6) is -0.0328. The molecule has 0 fully saturated rings. The van der Waals surface area contributed by atoms with Gasteiger partial charge < -0.3 is 9.72 Å². The van der Waals surface area contributed by atoms with Crippen LogP contribution >= 0.6 is 0 Å². The maximum absolute atomic E-state index is 12.4. The number of benzene rings is 2. The number of nitrogens with one attached hydrogen (secondary N) is 1. The maximum Gasteiger partial charge on any atom is 0.228 e. The Morgan fingerprint density at radius 1 is 0.969 bits per heavy atom. The van der Waals surface area contributed by atoms with Crippen LogP contribution in [-0.2, 0) is 18.3 Å². The van der Waals surface area contributed by atoms with Crippen molar-refractivity contribution in [3.05, 3.63) is 96.7 Å². The predicted molar refractivity (Wildman–Crippen MR) is 126 cm³/mol. The lowest BCUT2D eigenvalue weighted by Crippen LogP contribution is -2.14. The van der Waals surface area contributed by atoms with E-state index in [1.807, 2.05) is 81.1 Å². The first-order chi connectivity index (χ1) is 15.5. The molecule has 1 amide bonds. The van der Waals surface area contributed by atoms with Crippen molar-refractivity contribution >= 4 is 17.1 Å². The summed E-state index contributed by atoms with van der Waals surface area (Å²) in [7, 11) is 1.91. The van der Waals surface area contributed by atoms with Gasteiger partial charge in [0.2, 0.25) is 5.91 Å². The number of carbonyl (C=O) groups excluding carboxylic acids is 1. The zero-order chi connectivity index (χ0) is 22.1. The number of amides is 1. The van der Waals surface area contributed by atoms with Crippen LogP contribution in [0.15, 0.2) is 85.6 Å². The lowest BCUT2D eigenvalue weighted by molar-refractivity contribution is -0.115. The summed E-state index contributed by atoms with van der Waals surface area (Å²) in [5.41, 5.74) is 8.00. The third-order valence-electron chi connectivity index (χ3n) is 5.49. The first kappa shape index (κ1) is 19.8. The molecule has 158 valence electrons. The Labute approximate surface area is 186 Å². The largest absolute Gasteiger partial charge is 0.326 e. The molecule has 0 saturated heterocycles. The Hall–Kier alpha value is -4.19. The molecule has 0 aliphatic rings. The number of aryl methyl sites for hydroxylation is 2. The summed E-state index contributed by atoms with van der Waals surface area (Å²) >= 11 is 0. The first-order valence-corrected chi connectivity index (χ1v) is 10.5. The van der Waals surface area contributed by atoms with Crippen LogP contribution in [-0.4, -0.2) is 25.1 Å². The minimum absolute atomic E-state index is 0.0328. The van der Waals surface area contributed by atoms with Gasteiger partial charge in [0.1, 0.15) is 0 Å². The van der Waals surface area contributed by atoms with Crippen LogP contribution in [0.25, 0.3) is 27.9 Å². The highest BCUT2D eigenvalue weighted by Crippen LogP contribution is 2.29. The molecule has 5 aromatic rings. The molecule has 3 heterocycles. The van der Waals surface area contributed by atoms with Gasteiger partial charge in [-0.05, 0) is 30.7 Å². The Morgan fingerprint density at radius 3 is 2.47 bits per heavy atom. The van der Waals surface area contributed by atoms with Crippen molar-refractivity contribution in [1.29, 1.82) is 0 Å². The summed E-state index contributed by atoms with van der Waals surface area (Å²) in [6.07, 6.45) is 10.0. The number of rotatable bonds is 5. The van der Waals surface area contributed by atoms with E-state index in [0.29, 0.717) is 6.42 Å². The summed E-state index contributed by atoms with van der Waals surface area (Å²) in [6, 6.07) is 17.9. The summed E-state index contributed by atoms with van der Waals surface area (Å²) in [5, 5.41) is 7.24. The van der Waals surface area contributed by atoms with Gasteiger partial charge in [-0.2, -0.15) is 5.10 Å². The van der Waals surface area contributed by atoms with Crippen molar-refractivity contribution in [3.63, 3.8) is 0 Å². The van der Waals surface area contributed by atoms with Crippen LogP contribution in [0.5, 0.6) is 0 Å². The monoisotopic (exact) mass is 421 g/mol. The van der Waals surface area contributed by atoms with Gasteiger partial charge >= 0.3 is 0 Å². The molecule has 0 unspecified atom stereocenters. The lowest BCUT2D eigenvalue weighted by atomic mass is 10.1. The molecule has 32 heavy (non-hydrogen) atoms. The van der Waals surface area contributed by atoms with Crippen molar-refractivity contribution in [1.82, 2.24) is 19.2 Å². The molecule has 0 spiro atoms. The van der Waals surface area contributed by atoms with Gasteiger partial charge in [0.25, 0.3) is 0 Å². The average Bonchev–Trinajstić information content (AvgIpc) is 3.42. The van der Waals surface area contributed by atoms with Gasteiger partial charge in [0, 0.05) is 54.2 Å². The molecule has 0 radical (unpaired) electrons. The third-order valence-corrected chi connectivity index (χ3v) is 5.49. The summed E-state index contributed by atoms with van der Waals surface area (Å²) in [4.78, 5) is 17.0. The standard InChI is InChI=1S/C26H23N5O/c1-18-3-5-19(6-4-18)13-25(32)29-23-9-7-20(8-10-23)26-24-14-21(17-31(24)12-11-27-26)22-15-28-30(2)16-22/h3-12,14-17H,13H2,1-2H3,(H,29,32). The van der Waals surface area contributed by atoms with E-state index in [-0.39, 0.29) is 5.91 Å². The zero-order valence-corrected chi connectivity index (χ0v) is 18.0.